The van der Waals surface area contributed by atoms with E-state index in [1.54, 1.807) is 12.4 Å². The number of hydrogen-bond acceptors (Lipinski definition) is 3. The molecule has 0 aliphatic carbocycles. The molecule has 0 radical (unpaired) electrons. The van der Waals surface area contributed by atoms with Crippen molar-refractivity contribution < 1.29 is 4.79 Å². The second-order valence-electron chi connectivity index (χ2n) is 6.69. The fraction of sp³-hybridized carbons (Fsp3) is 0.545. The number of amides is 2. The topological polar surface area (TPSA) is 80.0 Å². The molecule has 4 N–H and O–H groups in total. The molecule has 0 unspecified atom stereocenters. The van der Waals surface area contributed by atoms with Gasteiger partial charge in [0, 0.05) is 29.7 Å². The van der Waals surface area contributed by atoms with Crippen LogP contribution in [0.3, 0.4) is 0 Å². The number of anilines is 1. The molecule has 0 saturated carbocycles. The summed E-state index contributed by atoms with van der Waals surface area (Å²) < 4.78 is 0. The predicted molar refractivity (Wildman–Crippen MR) is 116 cm³/mol. The van der Waals surface area contributed by atoms with Crippen LogP contribution < -0.4 is 16.4 Å². The second-order valence-corrected chi connectivity index (χ2v) is 6.69. The lowest BCUT2D eigenvalue weighted by Gasteiger charge is -2.09. The van der Waals surface area contributed by atoms with Crippen LogP contribution in [0.15, 0.2) is 36.7 Å². The molecule has 0 spiro atoms. The van der Waals surface area contributed by atoms with Crippen molar-refractivity contribution >= 4 is 22.5 Å². The first-order valence-electron chi connectivity index (χ1n) is 10.3. The zero-order valence-corrected chi connectivity index (χ0v) is 17.0. The van der Waals surface area contributed by atoms with Gasteiger partial charge in [-0.15, -0.1) is 0 Å². The minimum atomic E-state index is -0.147. The smallest absolute Gasteiger partial charge is 0.319 e. The Labute approximate surface area is 164 Å². The van der Waals surface area contributed by atoms with E-state index in [9.17, 15) is 4.79 Å². The summed E-state index contributed by atoms with van der Waals surface area (Å²) in [5.74, 6) is 0. The van der Waals surface area contributed by atoms with E-state index in [-0.39, 0.29) is 6.03 Å². The molecule has 2 aromatic rings. The molecule has 0 aliphatic rings. The molecule has 1 heterocycles. The number of hydrogen-bond donors (Lipinski definition) is 3. The molecule has 0 saturated heterocycles. The molecule has 0 fully saturated rings. The van der Waals surface area contributed by atoms with Gasteiger partial charge in [-0.25, -0.2) is 4.79 Å². The molecule has 2 rings (SSSR count). The van der Waals surface area contributed by atoms with E-state index in [0.29, 0.717) is 0 Å². The highest BCUT2D eigenvalue weighted by molar-refractivity contribution is 6.01. The van der Waals surface area contributed by atoms with Crippen molar-refractivity contribution in [3.05, 3.63) is 36.7 Å². The third-order valence-electron chi connectivity index (χ3n) is 4.30. The van der Waals surface area contributed by atoms with Crippen molar-refractivity contribution in [3.8, 4) is 0 Å². The van der Waals surface area contributed by atoms with Gasteiger partial charge in [-0.1, -0.05) is 64.5 Å². The van der Waals surface area contributed by atoms with Crippen LogP contribution in [0.4, 0.5) is 10.5 Å². The van der Waals surface area contributed by atoms with Crippen LogP contribution in [0.25, 0.3) is 10.8 Å². The minimum Gasteiger partial charge on any atom is -0.338 e. The average Bonchev–Trinajstić information content (AvgIpc) is 2.69. The van der Waals surface area contributed by atoms with Crippen LogP contribution in [0.1, 0.15) is 65.2 Å². The molecule has 0 aliphatic heterocycles. The quantitative estimate of drug-likeness (QED) is 0.484. The number of carbonyl (C=O) groups is 1. The predicted octanol–water partition coefficient (Wildman–Crippen LogP) is 5.46. The van der Waals surface area contributed by atoms with Crippen molar-refractivity contribution in [3.63, 3.8) is 0 Å². The molecule has 0 bridgehead atoms. The Morgan fingerprint density at radius 3 is 2.44 bits per heavy atom. The van der Waals surface area contributed by atoms with Gasteiger partial charge in [-0.2, -0.15) is 0 Å². The van der Waals surface area contributed by atoms with Crippen LogP contribution in [0.2, 0.25) is 0 Å². The monoisotopic (exact) mass is 372 g/mol. The summed E-state index contributed by atoms with van der Waals surface area (Å²) in [4.78, 5) is 15.9. The lowest BCUT2D eigenvalue weighted by atomic mass is 10.1. The van der Waals surface area contributed by atoms with E-state index < -0.39 is 0 Å². The fourth-order valence-corrected chi connectivity index (χ4v) is 2.72. The Hall–Kier alpha value is -2.14. The normalized spacial score (nSPS) is 10.2. The summed E-state index contributed by atoms with van der Waals surface area (Å²) >= 11 is 0. The van der Waals surface area contributed by atoms with Gasteiger partial charge in [0.25, 0.3) is 0 Å². The SMILES string of the molecule is CCCCCCN.CCCCCCNC(=O)Nc1cccc2cnccc12. The zero-order chi connectivity index (χ0) is 19.7. The molecule has 1 aromatic carbocycles. The number of nitrogens with two attached hydrogens (primary N) is 1. The number of unbranched alkanes of at least 4 members (excludes halogenated alkanes) is 6. The van der Waals surface area contributed by atoms with E-state index in [1.807, 2.05) is 24.3 Å². The maximum atomic E-state index is 11.9. The van der Waals surface area contributed by atoms with Gasteiger partial charge in [0.1, 0.15) is 0 Å². The van der Waals surface area contributed by atoms with Crippen LogP contribution >= 0.6 is 0 Å². The second kappa shape index (κ2) is 15.0. The molecule has 1 aromatic heterocycles. The Balaban J connectivity index is 0.000000445. The van der Waals surface area contributed by atoms with E-state index in [0.717, 1.165) is 42.4 Å². The van der Waals surface area contributed by atoms with Crippen molar-refractivity contribution in [1.82, 2.24) is 10.3 Å². The van der Waals surface area contributed by atoms with E-state index >= 15 is 0 Å². The number of benzene rings is 1. The first kappa shape index (κ1) is 22.9. The first-order chi connectivity index (χ1) is 13.2. The molecule has 2 amide bonds. The maximum Gasteiger partial charge on any atom is 0.319 e. The Bertz CT molecular complexity index is 636. The van der Waals surface area contributed by atoms with E-state index in [1.165, 1.54) is 38.5 Å². The lowest BCUT2D eigenvalue weighted by Crippen LogP contribution is -2.29. The molecule has 150 valence electrons. The summed E-state index contributed by atoms with van der Waals surface area (Å²) in [7, 11) is 0. The van der Waals surface area contributed by atoms with Crippen molar-refractivity contribution in [2.45, 2.75) is 65.2 Å². The number of rotatable bonds is 10. The Kier molecular flexibility index (Phi) is 12.7. The number of urea groups is 1. The number of nitrogens with zero attached hydrogens (tertiary/aromatic N) is 1. The van der Waals surface area contributed by atoms with Crippen molar-refractivity contribution in [1.29, 1.82) is 0 Å². The van der Waals surface area contributed by atoms with Gasteiger partial charge >= 0.3 is 6.03 Å². The molecule has 5 heteroatoms. The van der Waals surface area contributed by atoms with E-state index in [4.69, 9.17) is 5.73 Å². The molecular weight excluding hydrogens is 336 g/mol. The number of aromatic nitrogens is 1. The number of nitrogens with one attached hydrogen (secondary N) is 2. The van der Waals surface area contributed by atoms with Crippen LogP contribution in [-0.4, -0.2) is 24.1 Å². The van der Waals surface area contributed by atoms with Gasteiger partial charge in [0.2, 0.25) is 0 Å². The zero-order valence-electron chi connectivity index (χ0n) is 17.0. The minimum absolute atomic E-state index is 0.147. The molecule has 5 nitrogen and oxygen atoms in total. The van der Waals surface area contributed by atoms with Gasteiger partial charge in [0.15, 0.2) is 0 Å². The van der Waals surface area contributed by atoms with Gasteiger partial charge in [0.05, 0.1) is 5.69 Å². The first-order valence-corrected chi connectivity index (χ1v) is 10.3. The fourth-order valence-electron chi connectivity index (χ4n) is 2.72. The maximum absolute atomic E-state index is 11.9. The van der Waals surface area contributed by atoms with Gasteiger partial charge in [-0.05, 0) is 31.5 Å². The summed E-state index contributed by atoms with van der Waals surface area (Å²) in [6.07, 6.45) is 13.3. The van der Waals surface area contributed by atoms with Crippen LogP contribution in [0.5, 0.6) is 0 Å². The average molecular weight is 373 g/mol. The highest BCUT2D eigenvalue weighted by atomic mass is 16.2. The molecule has 27 heavy (non-hydrogen) atoms. The van der Waals surface area contributed by atoms with Crippen molar-refractivity contribution in [2.75, 3.05) is 18.4 Å². The molecular formula is C22H36N4O. The Morgan fingerprint density at radius 2 is 1.74 bits per heavy atom. The van der Waals surface area contributed by atoms with Crippen LogP contribution in [0, 0.1) is 0 Å². The number of carbonyl (C=O) groups excluding carboxylic acids is 1. The molecule has 0 atom stereocenters. The highest BCUT2D eigenvalue weighted by Crippen LogP contribution is 2.21. The standard InChI is InChI=1S/C16H21N3O.C6H15N/c1-2-3-4-5-10-18-16(20)19-15-8-6-7-13-12-17-11-9-14(13)15;1-2-3-4-5-6-7/h6-9,11-12H,2-5,10H2,1H3,(H2,18,19,20);2-7H2,1H3. The third kappa shape index (κ3) is 9.94. The summed E-state index contributed by atoms with van der Waals surface area (Å²) in [6, 6.07) is 7.56. The third-order valence-corrected chi connectivity index (χ3v) is 4.30. The largest absolute Gasteiger partial charge is 0.338 e. The summed E-state index contributed by atoms with van der Waals surface area (Å²) in [5.41, 5.74) is 6.08. The van der Waals surface area contributed by atoms with Gasteiger partial charge < -0.3 is 16.4 Å². The highest BCUT2D eigenvalue weighted by Gasteiger charge is 2.04. The summed E-state index contributed by atoms with van der Waals surface area (Å²) in [6.45, 7) is 5.96. The number of pyridine rings is 1. The van der Waals surface area contributed by atoms with Crippen molar-refractivity contribution in [2.24, 2.45) is 5.73 Å². The van der Waals surface area contributed by atoms with Crippen LogP contribution in [-0.2, 0) is 0 Å². The van der Waals surface area contributed by atoms with E-state index in [2.05, 4.69) is 29.5 Å². The summed E-state index contributed by atoms with van der Waals surface area (Å²) in [5, 5.41) is 7.81. The lowest BCUT2D eigenvalue weighted by molar-refractivity contribution is 0.252. The Morgan fingerprint density at radius 1 is 1.00 bits per heavy atom. The number of fused-ring (bicyclic) bond motifs is 1. The van der Waals surface area contributed by atoms with Gasteiger partial charge in [-0.3, -0.25) is 4.98 Å².